The molecule has 4 rings (SSSR count). The van der Waals surface area contributed by atoms with E-state index in [-0.39, 0.29) is 28.6 Å². The minimum Gasteiger partial charge on any atom is -0.493 e. The van der Waals surface area contributed by atoms with Crippen LogP contribution >= 0.6 is 0 Å². The summed E-state index contributed by atoms with van der Waals surface area (Å²) in [5.41, 5.74) is -0.0659. The van der Waals surface area contributed by atoms with Crippen LogP contribution < -0.4 is 20.3 Å². The fraction of sp³-hybridized carbons (Fsp3) is 0.269. The summed E-state index contributed by atoms with van der Waals surface area (Å²) in [7, 11) is 4.42. The predicted molar refractivity (Wildman–Crippen MR) is 129 cm³/mol. The van der Waals surface area contributed by atoms with Gasteiger partial charge < -0.3 is 14.8 Å². The van der Waals surface area contributed by atoms with Gasteiger partial charge in [-0.15, -0.1) is 0 Å². The number of aromatic nitrogens is 2. The van der Waals surface area contributed by atoms with Gasteiger partial charge in [0, 0.05) is 29.9 Å². The minimum atomic E-state index is -4.55. The van der Waals surface area contributed by atoms with Crippen LogP contribution in [0.2, 0.25) is 0 Å². The van der Waals surface area contributed by atoms with Crippen molar-refractivity contribution in [1.82, 2.24) is 9.55 Å². The molecule has 0 bridgehead atoms. The molecule has 0 fully saturated rings. The van der Waals surface area contributed by atoms with Crippen molar-refractivity contribution in [3.63, 3.8) is 0 Å². The summed E-state index contributed by atoms with van der Waals surface area (Å²) < 4.78 is 51.6. The molecule has 1 aromatic heterocycles. The molecule has 0 radical (unpaired) electrons. The van der Waals surface area contributed by atoms with E-state index in [0.29, 0.717) is 29.2 Å². The third-order valence-electron chi connectivity index (χ3n) is 5.95. The summed E-state index contributed by atoms with van der Waals surface area (Å²) in [5, 5.41) is 2.78. The van der Waals surface area contributed by atoms with Crippen LogP contribution in [-0.4, -0.2) is 29.7 Å². The fourth-order valence-electron chi connectivity index (χ4n) is 4.19. The van der Waals surface area contributed by atoms with Gasteiger partial charge in [-0.25, -0.2) is 4.98 Å². The van der Waals surface area contributed by atoms with Gasteiger partial charge in [0.05, 0.1) is 31.1 Å². The average molecular weight is 499 g/mol. The van der Waals surface area contributed by atoms with E-state index in [1.54, 1.807) is 24.3 Å². The van der Waals surface area contributed by atoms with Gasteiger partial charge >= 0.3 is 6.18 Å². The fourth-order valence-corrected chi connectivity index (χ4v) is 4.19. The molecule has 1 N–H and O–H groups in total. The molecule has 3 aromatic rings. The number of amides is 1. The summed E-state index contributed by atoms with van der Waals surface area (Å²) in [5.74, 6) is 0.301. The number of allylic oxidation sites excluding steroid dienone is 1. The van der Waals surface area contributed by atoms with Crippen LogP contribution in [0.15, 0.2) is 53.3 Å². The Bertz CT molecular complexity index is 1430. The van der Waals surface area contributed by atoms with E-state index in [0.717, 1.165) is 12.1 Å². The number of benzene rings is 2. The Morgan fingerprint density at radius 3 is 2.50 bits per heavy atom. The topological polar surface area (TPSA) is 82.5 Å². The van der Waals surface area contributed by atoms with Crippen molar-refractivity contribution in [2.75, 3.05) is 19.5 Å². The van der Waals surface area contributed by atoms with Crippen molar-refractivity contribution in [3.05, 3.63) is 75.7 Å². The molecule has 7 nitrogen and oxygen atoms in total. The second-order valence-electron chi connectivity index (χ2n) is 8.49. The number of ether oxygens (including phenoxy) is 2. The van der Waals surface area contributed by atoms with Gasteiger partial charge in [0.2, 0.25) is 0 Å². The van der Waals surface area contributed by atoms with Gasteiger partial charge in [0.15, 0.2) is 11.5 Å². The number of fused-ring (bicyclic) bond motifs is 1. The van der Waals surface area contributed by atoms with E-state index in [1.807, 2.05) is 6.92 Å². The largest absolute Gasteiger partial charge is 0.493 e. The van der Waals surface area contributed by atoms with E-state index in [9.17, 15) is 22.8 Å². The maximum Gasteiger partial charge on any atom is 0.416 e. The van der Waals surface area contributed by atoms with E-state index < -0.39 is 23.2 Å². The number of nitrogens with zero attached hydrogens (tertiary/aromatic N) is 2. The minimum absolute atomic E-state index is 0.0317. The Morgan fingerprint density at radius 2 is 1.83 bits per heavy atom. The van der Waals surface area contributed by atoms with Crippen molar-refractivity contribution in [2.45, 2.75) is 19.5 Å². The van der Waals surface area contributed by atoms with E-state index in [1.165, 1.54) is 38.0 Å². The first-order chi connectivity index (χ1) is 17.0. The summed E-state index contributed by atoms with van der Waals surface area (Å²) in [6, 6.07) is 9.46. The lowest BCUT2D eigenvalue weighted by Crippen LogP contribution is -2.31. The van der Waals surface area contributed by atoms with Crippen molar-refractivity contribution < 1.29 is 27.4 Å². The number of rotatable bonds is 5. The highest BCUT2D eigenvalue weighted by Crippen LogP contribution is 2.34. The highest BCUT2D eigenvalue weighted by Gasteiger charge is 2.32. The second kappa shape index (κ2) is 9.52. The van der Waals surface area contributed by atoms with E-state index in [4.69, 9.17) is 9.47 Å². The molecule has 0 spiro atoms. The number of hydrogen-bond acceptors (Lipinski definition) is 5. The summed E-state index contributed by atoms with van der Waals surface area (Å²) in [6.45, 7) is 1.87. The van der Waals surface area contributed by atoms with Crippen molar-refractivity contribution in [2.24, 2.45) is 13.0 Å². The third kappa shape index (κ3) is 4.71. The van der Waals surface area contributed by atoms with Gasteiger partial charge in [-0.1, -0.05) is 25.1 Å². The monoisotopic (exact) mass is 499 g/mol. The van der Waals surface area contributed by atoms with Crippen LogP contribution in [0.4, 0.5) is 18.9 Å². The molecule has 1 atom stereocenters. The van der Waals surface area contributed by atoms with Gasteiger partial charge in [0.1, 0.15) is 5.82 Å². The number of halogens is 3. The molecule has 0 saturated heterocycles. The number of alkyl halides is 3. The smallest absolute Gasteiger partial charge is 0.416 e. The van der Waals surface area contributed by atoms with Crippen molar-refractivity contribution in [1.29, 1.82) is 0 Å². The zero-order valence-corrected chi connectivity index (χ0v) is 20.1. The van der Waals surface area contributed by atoms with Crippen LogP contribution in [0.1, 0.15) is 23.7 Å². The molecule has 1 amide bonds. The molecule has 1 aliphatic carbocycles. The first kappa shape index (κ1) is 25.0. The van der Waals surface area contributed by atoms with Crippen LogP contribution in [-0.2, 0) is 24.4 Å². The lowest BCUT2D eigenvalue weighted by molar-refractivity contribution is -0.137. The van der Waals surface area contributed by atoms with Crippen LogP contribution in [0.25, 0.3) is 17.0 Å². The number of carbonyl (C=O) groups excluding carboxylic acids is 1. The third-order valence-corrected chi connectivity index (χ3v) is 5.95. The number of methoxy groups -OCH3 is 2. The van der Waals surface area contributed by atoms with Gasteiger partial charge in [-0.2, -0.15) is 13.2 Å². The van der Waals surface area contributed by atoms with Crippen molar-refractivity contribution in [3.8, 4) is 22.9 Å². The van der Waals surface area contributed by atoms with Gasteiger partial charge in [-0.05, 0) is 36.6 Å². The van der Waals surface area contributed by atoms with Gasteiger partial charge in [-0.3, -0.25) is 14.2 Å². The lowest BCUT2D eigenvalue weighted by Gasteiger charge is -2.22. The molecule has 188 valence electrons. The van der Waals surface area contributed by atoms with E-state index in [2.05, 4.69) is 10.3 Å². The number of nitrogens with one attached hydrogen (secondary N) is 1. The molecule has 0 aliphatic heterocycles. The number of anilines is 1. The average Bonchev–Trinajstić information content (AvgIpc) is 2.85. The standard InChI is InChI=1S/C26H24F3N3O4/c1-14-10-18(24(33)30-17-8-9-20(35-3)21(13-17)36-4)22-19(11-14)25(34)32(2)23(31-22)15-6-5-7-16(12-15)26(27,28)29/h5-10,12-14H,11H2,1-4H3,(H,30,33). The first-order valence-electron chi connectivity index (χ1n) is 11.1. The Kier molecular flexibility index (Phi) is 6.62. The SMILES string of the molecule is COc1ccc(NC(=O)C2=CC(C)Cc3c2nc(-c2cccc(C(F)(F)F)c2)n(C)c3=O)cc1OC. The molecule has 1 aliphatic rings. The zero-order chi connectivity index (χ0) is 26.2. The summed E-state index contributed by atoms with van der Waals surface area (Å²) in [6.07, 6.45) is -2.49. The molecule has 10 heteroatoms. The van der Waals surface area contributed by atoms with Crippen molar-refractivity contribution >= 4 is 17.2 Å². The predicted octanol–water partition coefficient (Wildman–Crippen LogP) is 4.70. The Balaban J connectivity index is 1.78. The summed E-state index contributed by atoms with van der Waals surface area (Å²) in [4.78, 5) is 31.1. The normalized spacial score (nSPS) is 15.1. The highest BCUT2D eigenvalue weighted by molar-refractivity contribution is 6.25. The van der Waals surface area contributed by atoms with Crippen LogP contribution in [0.3, 0.4) is 0 Å². The quantitative estimate of drug-likeness (QED) is 0.551. The second-order valence-corrected chi connectivity index (χ2v) is 8.49. The molecule has 36 heavy (non-hydrogen) atoms. The lowest BCUT2D eigenvalue weighted by atomic mass is 9.88. The first-order valence-corrected chi connectivity index (χ1v) is 11.1. The molecule has 0 saturated carbocycles. The van der Waals surface area contributed by atoms with Crippen LogP contribution in [0, 0.1) is 5.92 Å². The highest BCUT2D eigenvalue weighted by atomic mass is 19.4. The maximum atomic E-state index is 13.3. The Morgan fingerprint density at radius 1 is 1.11 bits per heavy atom. The molecule has 1 heterocycles. The zero-order valence-electron chi connectivity index (χ0n) is 20.1. The van der Waals surface area contributed by atoms with Gasteiger partial charge in [0.25, 0.3) is 11.5 Å². The maximum absolute atomic E-state index is 13.3. The van der Waals surface area contributed by atoms with Crippen LogP contribution in [0.5, 0.6) is 11.5 Å². The van der Waals surface area contributed by atoms with E-state index >= 15 is 0 Å². The Hall–Kier alpha value is -4.08. The number of hydrogen-bond donors (Lipinski definition) is 1. The molecule has 2 aromatic carbocycles. The summed E-state index contributed by atoms with van der Waals surface area (Å²) >= 11 is 0. The molecule has 1 unspecified atom stereocenters. The molecular weight excluding hydrogens is 475 g/mol. The molecular formula is C26H24F3N3O4. The Labute approximate surface area is 205 Å². The number of carbonyl (C=O) groups is 1.